The van der Waals surface area contributed by atoms with E-state index >= 15 is 0 Å². The number of nitrogen functional groups attached to an aromatic ring is 1. The molecule has 3 rings (SSSR count). The molecule has 3 aromatic rings. The van der Waals surface area contributed by atoms with Crippen LogP contribution in [0.25, 0.3) is 11.1 Å². The molecule has 0 fully saturated rings. The van der Waals surface area contributed by atoms with Crippen molar-refractivity contribution in [2.24, 2.45) is 0 Å². The molecule has 0 atom stereocenters. The van der Waals surface area contributed by atoms with Gasteiger partial charge in [0.25, 0.3) is 0 Å². The molecule has 21 heavy (non-hydrogen) atoms. The van der Waals surface area contributed by atoms with Gasteiger partial charge < -0.3 is 10.5 Å². The number of para-hydroxylation sites is 1. The fourth-order valence-electron chi connectivity index (χ4n) is 2.20. The van der Waals surface area contributed by atoms with Crippen LogP contribution in [0, 0.1) is 6.92 Å². The average Bonchev–Trinajstić information content (AvgIpc) is 2.52. The smallest absolute Gasteiger partial charge is 0.127 e. The minimum absolute atomic E-state index is 0.822. The molecule has 0 aliphatic rings. The van der Waals surface area contributed by atoms with Crippen molar-refractivity contribution in [3.63, 3.8) is 0 Å². The Morgan fingerprint density at radius 3 is 2.00 bits per heavy atom. The first-order valence-corrected chi connectivity index (χ1v) is 6.92. The van der Waals surface area contributed by atoms with Crippen LogP contribution in [0.15, 0.2) is 72.8 Å². The third kappa shape index (κ3) is 3.06. The number of aryl methyl sites for hydroxylation is 1. The van der Waals surface area contributed by atoms with Gasteiger partial charge in [0.2, 0.25) is 0 Å². The van der Waals surface area contributed by atoms with Gasteiger partial charge in [-0.25, -0.2) is 0 Å². The van der Waals surface area contributed by atoms with Crippen LogP contribution in [0.1, 0.15) is 5.56 Å². The summed E-state index contributed by atoms with van der Waals surface area (Å²) >= 11 is 0. The van der Waals surface area contributed by atoms with Gasteiger partial charge in [-0.1, -0.05) is 36.4 Å². The van der Waals surface area contributed by atoms with Crippen molar-refractivity contribution < 1.29 is 4.74 Å². The van der Waals surface area contributed by atoms with Gasteiger partial charge in [-0.15, -0.1) is 0 Å². The summed E-state index contributed by atoms with van der Waals surface area (Å²) < 4.78 is 5.79. The molecule has 0 aliphatic carbocycles. The lowest BCUT2D eigenvalue weighted by Gasteiger charge is -2.08. The molecule has 0 saturated carbocycles. The summed E-state index contributed by atoms with van der Waals surface area (Å²) in [6.07, 6.45) is 0. The van der Waals surface area contributed by atoms with Crippen molar-refractivity contribution in [1.82, 2.24) is 0 Å². The molecule has 0 aromatic heterocycles. The van der Waals surface area contributed by atoms with Crippen molar-refractivity contribution in [3.05, 3.63) is 78.4 Å². The van der Waals surface area contributed by atoms with Crippen LogP contribution in [0.3, 0.4) is 0 Å². The summed E-state index contributed by atoms with van der Waals surface area (Å²) in [5.41, 5.74) is 10.1. The van der Waals surface area contributed by atoms with Gasteiger partial charge in [0.05, 0.1) is 0 Å². The topological polar surface area (TPSA) is 35.2 Å². The molecule has 0 amide bonds. The molecule has 0 unspecified atom stereocenters. The minimum atomic E-state index is 0.822. The quantitative estimate of drug-likeness (QED) is 0.680. The van der Waals surface area contributed by atoms with Crippen LogP contribution in [0.2, 0.25) is 0 Å². The molecule has 0 saturated heterocycles. The zero-order valence-corrected chi connectivity index (χ0v) is 11.9. The Labute approximate surface area is 124 Å². The van der Waals surface area contributed by atoms with E-state index in [2.05, 4.69) is 18.2 Å². The van der Waals surface area contributed by atoms with Gasteiger partial charge in [-0.2, -0.15) is 0 Å². The summed E-state index contributed by atoms with van der Waals surface area (Å²) in [5.74, 6) is 1.67. The molecular formula is C19H17NO. The summed E-state index contributed by atoms with van der Waals surface area (Å²) in [5, 5.41) is 0. The molecule has 2 nitrogen and oxygen atoms in total. The maximum absolute atomic E-state index is 5.86. The molecule has 0 heterocycles. The second-order valence-corrected chi connectivity index (χ2v) is 5.01. The molecule has 0 aliphatic heterocycles. The van der Waals surface area contributed by atoms with Crippen molar-refractivity contribution in [2.45, 2.75) is 6.92 Å². The maximum atomic E-state index is 5.86. The van der Waals surface area contributed by atoms with E-state index in [1.165, 1.54) is 0 Å². The fourth-order valence-corrected chi connectivity index (χ4v) is 2.20. The van der Waals surface area contributed by atoms with Crippen molar-refractivity contribution in [2.75, 3.05) is 5.73 Å². The van der Waals surface area contributed by atoms with Gasteiger partial charge in [0, 0.05) is 5.69 Å². The lowest BCUT2D eigenvalue weighted by atomic mass is 10.0. The molecular weight excluding hydrogens is 258 g/mol. The van der Waals surface area contributed by atoms with Crippen LogP contribution in [0.4, 0.5) is 5.69 Å². The highest BCUT2D eigenvalue weighted by molar-refractivity contribution is 5.68. The molecule has 2 N–H and O–H groups in total. The van der Waals surface area contributed by atoms with E-state index < -0.39 is 0 Å². The van der Waals surface area contributed by atoms with E-state index in [4.69, 9.17) is 10.5 Å². The molecule has 3 aromatic carbocycles. The number of benzene rings is 3. The van der Waals surface area contributed by atoms with Crippen molar-refractivity contribution >= 4 is 5.69 Å². The molecule has 0 radical (unpaired) electrons. The van der Waals surface area contributed by atoms with Gasteiger partial charge >= 0.3 is 0 Å². The van der Waals surface area contributed by atoms with Crippen LogP contribution < -0.4 is 10.5 Å². The first-order valence-electron chi connectivity index (χ1n) is 6.92. The number of nitrogens with two attached hydrogens (primary N) is 1. The minimum Gasteiger partial charge on any atom is -0.457 e. The van der Waals surface area contributed by atoms with Gasteiger partial charge in [0.15, 0.2) is 0 Å². The van der Waals surface area contributed by atoms with Crippen LogP contribution >= 0.6 is 0 Å². The lowest BCUT2D eigenvalue weighted by molar-refractivity contribution is 0.483. The molecule has 0 spiro atoms. The third-order valence-corrected chi connectivity index (χ3v) is 3.44. The number of hydrogen-bond donors (Lipinski definition) is 1. The van der Waals surface area contributed by atoms with Gasteiger partial charge in [-0.3, -0.25) is 0 Å². The highest BCUT2D eigenvalue weighted by Gasteiger charge is 2.02. The van der Waals surface area contributed by atoms with Crippen LogP contribution in [0.5, 0.6) is 11.5 Å². The Morgan fingerprint density at radius 1 is 0.714 bits per heavy atom. The summed E-state index contributed by atoms with van der Waals surface area (Å²) in [7, 11) is 0. The Balaban J connectivity index is 1.82. The van der Waals surface area contributed by atoms with E-state index in [0.29, 0.717) is 0 Å². The second kappa shape index (κ2) is 5.71. The highest BCUT2D eigenvalue weighted by atomic mass is 16.5. The van der Waals surface area contributed by atoms with Crippen LogP contribution in [-0.2, 0) is 0 Å². The lowest BCUT2D eigenvalue weighted by Crippen LogP contribution is -1.89. The summed E-state index contributed by atoms with van der Waals surface area (Å²) in [4.78, 5) is 0. The SMILES string of the molecule is Cc1cc(-c2ccc(Oc3ccccc3)cc2)ccc1N. The standard InChI is InChI=1S/C19H17NO/c1-14-13-16(9-12-19(14)20)15-7-10-18(11-8-15)21-17-5-3-2-4-6-17/h2-13H,20H2,1H3. The van der Waals surface area contributed by atoms with Crippen LogP contribution in [-0.4, -0.2) is 0 Å². The zero-order chi connectivity index (χ0) is 14.7. The largest absolute Gasteiger partial charge is 0.457 e. The predicted molar refractivity (Wildman–Crippen MR) is 87.5 cm³/mol. The average molecular weight is 275 g/mol. The van der Waals surface area contributed by atoms with Gasteiger partial charge in [0.1, 0.15) is 11.5 Å². The summed E-state index contributed by atoms with van der Waals surface area (Å²) in [6.45, 7) is 2.02. The van der Waals surface area contributed by atoms with E-state index in [1.54, 1.807) is 0 Å². The third-order valence-electron chi connectivity index (χ3n) is 3.44. The number of anilines is 1. The van der Waals surface area contributed by atoms with Crippen molar-refractivity contribution in [1.29, 1.82) is 0 Å². The second-order valence-electron chi connectivity index (χ2n) is 5.01. The van der Waals surface area contributed by atoms with E-state index in [9.17, 15) is 0 Å². The molecule has 2 heteroatoms. The maximum Gasteiger partial charge on any atom is 0.127 e. The summed E-state index contributed by atoms with van der Waals surface area (Å²) in [6, 6.07) is 23.9. The van der Waals surface area contributed by atoms with Crippen molar-refractivity contribution in [3.8, 4) is 22.6 Å². The predicted octanol–water partition coefficient (Wildman–Crippen LogP) is 5.04. The van der Waals surface area contributed by atoms with E-state index in [-0.39, 0.29) is 0 Å². The van der Waals surface area contributed by atoms with Gasteiger partial charge in [-0.05, 0) is 60.0 Å². The molecule has 104 valence electrons. The Bertz CT molecular complexity index is 733. The van der Waals surface area contributed by atoms with E-state index in [0.717, 1.165) is 33.9 Å². The first kappa shape index (κ1) is 13.3. The number of ether oxygens (including phenoxy) is 1. The highest BCUT2D eigenvalue weighted by Crippen LogP contribution is 2.27. The Morgan fingerprint density at radius 2 is 1.33 bits per heavy atom. The Kier molecular flexibility index (Phi) is 3.61. The Hall–Kier alpha value is -2.74. The monoisotopic (exact) mass is 275 g/mol. The fraction of sp³-hybridized carbons (Fsp3) is 0.0526. The first-order chi connectivity index (χ1) is 10.2. The van der Waals surface area contributed by atoms with E-state index in [1.807, 2.05) is 61.5 Å². The zero-order valence-electron chi connectivity index (χ0n) is 11.9. The molecule has 0 bridgehead atoms. The number of rotatable bonds is 3. The normalized spacial score (nSPS) is 10.3. The number of hydrogen-bond acceptors (Lipinski definition) is 2.